The van der Waals surface area contributed by atoms with Gasteiger partial charge in [0.2, 0.25) is 5.91 Å². The number of anilines is 1. The second kappa shape index (κ2) is 9.66. The van der Waals surface area contributed by atoms with Crippen molar-refractivity contribution < 1.29 is 19.1 Å². The summed E-state index contributed by atoms with van der Waals surface area (Å²) in [6, 6.07) is 17.8. The Balaban J connectivity index is 1.42. The van der Waals surface area contributed by atoms with E-state index in [2.05, 4.69) is 5.32 Å². The first-order valence-corrected chi connectivity index (χ1v) is 11.1. The van der Waals surface area contributed by atoms with Crippen molar-refractivity contribution in [1.82, 2.24) is 4.90 Å². The van der Waals surface area contributed by atoms with E-state index >= 15 is 0 Å². The average Bonchev–Trinajstić information content (AvgIpc) is 3.35. The number of para-hydroxylation sites is 2. The molecule has 1 fully saturated rings. The van der Waals surface area contributed by atoms with E-state index < -0.39 is 6.04 Å². The highest BCUT2D eigenvalue weighted by Gasteiger charge is 2.33. The molecule has 6 nitrogen and oxygen atoms in total. The third-order valence-electron chi connectivity index (χ3n) is 5.22. The molecule has 4 rings (SSSR count). The lowest BCUT2D eigenvalue weighted by atomic mass is 10.0. The Kier molecular flexibility index (Phi) is 6.52. The summed E-state index contributed by atoms with van der Waals surface area (Å²) in [5, 5.41) is 4.82. The van der Waals surface area contributed by atoms with Crippen molar-refractivity contribution in [2.24, 2.45) is 0 Å². The molecule has 2 heterocycles. The monoisotopic (exact) mass is 436 g/mol. The van der Waals surface area contributed by atoms with Crippen LogP contribution in [0.2, 0.25) is 0 Å². The van der Waals surface area contributed by atoms with Gasteiger partial charge in [0.05, 0.1) is 12.0 Å². The number of ether oxygens (including phenoxy) is 2. The topological polar surface area (TPSA) is 67.9 Å². The van der Waals surface area contributed by atoms with Crippen LogP contribution in [0.15, 0.2) is 66.0 Å². The minimum Gasteiger partial charge on any atom is -0.493 e. The van der Waals surface area contributed by atoms with Gasteiger partial charge in [-0.1, -0.05) is 18.2 Å². The maximum absolute atomic E-state index is 13.0. The summed E-state index contributed by atoms with van der Waals surface area (Å²) in [6.07, 6.45) is 2.51. The standard InChI is InChI=1S/C24H24N2O4S/c1-29-20-8-2-3-9-21(20)30-18-13-11-17(12-14-18)25-23(27)19-7-4-5-15-26(19)24(28)22-10-6-16-31-22/h2-3,6,8-14,16,19H,4-5,7,15H2,1H3,(H,25,27)/t19-/m0/s1. The fraction of sp³-hybridized carbons (Fsp3) is 0.250. The largest absolute Gasteiger partial charge is 0.493 e. The molecule has 3 aromatic rings. The van der Waals surface area contributed by atoms with E-state index in [0.29, 0.717) is 40.8 Å². The van der Waals surface area contributed by atoms with Crippen LogP contribution >= 0.6 is 11.3 Å². The Bertz CT molecular complexity index is 1030. The van der Waals surface area contributed by atoms with Crippen molar-refractivity contribution in [1.29, 1.82) is 0 Å². The molecule has 1 aliphatic heterocycles. The van der Waals surface area contributed by atoms with Gasteiger partial charge in [-0.15, -0.1) is 11.3 Å². The van der Waals surface area contributed by atoms with Gasteiger partial charge in [0, 0.05) is 12.2 Å². The van der Waals surface area contributed by atoms with Gasteiger partial charge in [-0.05, 0) is 67.1 Å². The minimum absolute atomic E-state index is 0.0737. The Labute approximate surface area is 185 Å². The summed E-state index contributed by atoms with van der Waals surface area (Å²) >= 11 is 1.40. The molecular weight excluding hydrogens is 412 g/mol. The van der Waals surface area contributed by atoms with Crippen LogP contribution in [0, 0.1) is 0 Å². The van der Waals surface area contributed by atoms with Gasteiger partial charge in [-0.3, -0.25) is 9.59 Å². The molecule has 1 aromatic heterocycles. The Morgan fingerprint density at radius 1 is 1.00 bits per heavy atom. The third kappa shape index (κ3) is 4.88. The molecule has 0 unspecified atom stereocenters. The zero-order chi connectivity index (χ0) is 21.6. The number of benzene rings is 2. The lowest BCUT2D eigenvalue weighted by molar-refractivity contribution is -0.121. The molecule has 7 heteroatoms. The fourth-order valence-corrected chi connectivity index (χ4v) is 4.33. The number of thiophene rings is 1. The number of carbonyl (C=O) groups is 2. The number of carbonyl (C=O) groups excluding carboxylic acids is 2. The highest BCUT2D eigenvalue weighted by molar-refractivity contribution is 7.12. The molecule has 0 saturated carbocycles. The Hall–Kier alpha value is -3.32. The van der Waals surface area contributed by atoms with Crippen LogP contribution in [-0.2, 0) is 4.79 Å². The van der Waals surface area contributed by atoms with E-state index in [-0.39, 0.29) is 11.8 Å². The number of piperidine rings is 1. The van der Waals surface area contributed by atoms with Gasteiger partial charge < -0.3 is 19.7 Å². The number of nitrogens with zero attached hydrogens (tertiary/aromatic N) is 1. The van der Waals surface area contributed by atoms with Gasteiger partial charge in [0.1, 0.15) is 11.8 Å². The summed E-state index contributed by atoms with van der Waals surface area (Å²) in [4.78, 5) is 28.2. The molecule has 1 atom stereocenters. The predicted octanol–water partition coefficient (Wildman–Crippen LogP) is 5.18. The summed E-state index contributed by atoms with van der Waals surface area (Å²) in [6.45, 7) is 0.598. The first-order chi connectivity index (χ1) is 15.2. The van der Waals surface area contributed by atoms with E-state index in [1.807, 2.05) is 35.7 Å². The number of nitrogens with one attached hydrogen (secondary N) is 1. The molecule has 31 heavy (non-hydrogen) atoms. The lowest BCUT2D eigenvalue weighted by Crippen LogP contribution is -2.49. The molecule has 2 aromatic carbocycles. The molecule has 0 bridgehead atoms. The zero-order valence-corrected chi connectivity index (χ0v) is 18.1. The highest BCUT2D eigenvalue weighted by Crippen LogP contribution is 2.31. The first kappa shape index (κ1) is 20.9. The van der Waals surface area contributed by atoms with Crippen LogP contribution in [0.3, 0.4) is 0 Å². The van der Waals surface area contributed by atoms with Gasteiger partial charge in [0.15, 0.2) is 11.5 Å². The molecule has 160 valence electrons. The van der Waals surface area contributed by atoms with E-state index in [1.165, 1.54) is 11.3 Å². The molecule has 1 aliphatic rings. The van der Waals surface area contributed by atoms with E-state index in [0.717, 1.165) is 12.8 Å². The van der Waals surface area contributed by atoms with Crippen molar-refractivity contribution in [3.05, 3.63) is 70.9 Å². The number of amides is 2. The maximum Gasteiger partial charge on any atom is 0.264 e. The smallest absolute Gasteiger partial charge is 0.264 e. The summed E-state index contributed by atoms with van der Waals surface area (Å²) in [5.74, 6) is 1.66. The Morgan fingerprint density at radius 2 is 1.77 bits per heavy atom. The average molecular weight is 437 g/mol. The number of hydrogen-bond acceptors (Lipinski definition) is 5. The maximum atomic E-state index is 13.0. The van der Waals surface area contributed by atoms with E-state index in [4.69, 9.17) is 9.47 Å². The normalized spacial score (nSPS) is 15.9. The molecule has 1 N–H and O–H groups in total. The molecule has 0 spiro atoms. The summed E-state index contributed by atoms with van der Waals surface area (Å²) in [5.41, 5.74) is 0.659. The van der Waals surface area contributed by atoms with Crippen LogP contribution in [0.5, 0.6) is 17.2 Å². The number of likely N-dealkylation sites (tertiary alicyclic amines) is 1. The second-order valence-corrected chi connectivity index (χ2v) is 8.20. The molecular formula is C24H24N2O4S. The van der Waals surface area contributed by atoms with E-state index in [9.17, 15) is 9.59 Å². The third-order valence-corrected chi connectivity index (χ3v) is 6.07. The highest BCUT2D eigenvalue weighted by atomic mass is 32.1. The molecule has 0 aliphatic carbocycles. The SMILES string of the molecule is COc1ccccc1Oc1ccc(NC(=O)[C@@H]2CCCCN2C(=O)c2cccs2)cc1. The predicted molar refractivity (Wildman–Crippen MR) is 121 cm³/mol. The van der Waals surface area contributed by atoms with Gasteiger partial charge in [-0.25, -0.2) is 0 Å². The van der Waals surface area contributed by atoms with Gasteiger partial charge in [0.25, 0.3) is 5.91 Å². The number of hydrogen-bond donors (Lipinski definition) is 1. The van der Waals surface area contributed by atoms with Crippen LogP contribution in [-0.4, -0.2) is 36.4 Å². The zero-order valence-electron chi connectivity index (χ0n) is 17.2. The van der Waals surface area contributed by atoms with Crippen LogP contribution < -0.4 is 14.8 Å². The van der Waals surface area contributed by atoms with Crippen LogP contribution in [0.25, 0.3) is 0 Å². The summed E-state index contributed by atoms with van der Waals surface area (Å²) < 4.78 is 11.2. The van der Waals surface area contributed by atoms with E-state index in [1.54, 1.807) is 42.3 Å². The molecule has 2 amide bonds. The van der Waals surface area contributed by atoms with Crippen LogP contribution in [0.1, 0.15) is 28.9 Å². The first-order valence-electron chi connectivity index (χ1n) is 10.2. The van der Waals surface area contributed by atoms with Crippen LogP contribution in [0.4, 0.5) is 5.69 Å². The molecule has 1 saturated heterocycles. The summed E-state index contributed by atoms with van der Waals surface area (Å²) in [7, 11) is 1.60. The Morgan fingerprint density at radius 3 is 2.48 bits per heavy atom. The number of rotatable bonds is 6. The van der Waals surface area contributed by atoms with Crippen molar-refractivity contribution in [2.75, 3.05) is 19.0 Å². The van der Waals surface area contributed by atoms with Crippen molar-refractivity contribution in [3.63, 3.8) is 0 Å². The van der Waals surface area contributed by atoms with Crippen molar-refractivity contribution >= 4 is 28.8 Å². The fourth-order valence-electron chi connectivity index (χ4n) is 3.65. The minimum atomic E-state index is -0.465. The van der Waals surface area contributed by atoms with Crippen molar-refractivity contribution in [2.45, 2.75) is 25.3 Å². The van der Waals surface area contributed by atoms with Gasteiger partial charge in [-0.2, -0.15) is 0 Å². The molecule has 0 radical (unpaired) electrons. The van der Waals surface area contributed by atoms with Crippen molar-refractivity contribution in [3.8, 4) is 17.2 Å². The van der Waals surface area contributed by atoms with Gasteiger partial charge >= 0.3 is 0 Å². The lowest BCUT2D eigenvalue weighted by Gasteiger charge is -2.34. The second-order valence-electron chi connectivity index (χ2n) is 7.25. The number of methoxy groups -OCH3 is 1. The quantitative estimate of drug-likeness (QED) is 0.578.